The quantitative estimate of drug-likeness (QED) is 0.799. The molecule has 0 aliphatic carbocycles. The number of aryl methyl sites for hydroxylation is 1. The van der Waals surface area contributed by atoms with Crippen molar-refractivity contribution in [3.63, 3.8) is 0 Å². The molecule has 0 aromatic heterocycles. The van der Waals surface area contributed by atoms with Crippen molar-refractivity contribution in [3.05, 3.63) is 29.3 Å². The fourth-order valence-corrected chi connectivity index (χ4v) is 4.52. The van der Waals surface area contributed by atoms with E-state index in [1.807, 2.05) is 36.9 Å². The zero-order chi connectivity index (χ0) is 14.9. The van der Waals surface area contributed by atoms with Gasteiger partial charge in [0.05, 0.1) is 17.8 Å². The molecule has 1 aromatic carbocycles. The van der Waals surface area contributed by atoms with Gasteiger partial charge in [-0.3, -0.25) is 4.79 Å². The lowest BCUT2D eigenvalue weighted by Crippen LogP contribution is -2.44. The number of ketones is 1. The number of hydrogen-bond acceptors (Lipinski definition) is 4. The third kappa shape index (κ3) is 3.27. The van der Waals surface area contributed by atoms with Crippen molar-refractivity contribution in [1.29, 1.82) is 0 Å². The summed E-state index contributed by atoms with van der Waals surface area (Å²) >= 11 is 1.96. The van der Waals surface area contributed by atoms with E-state index in [1.165, 1.54) is 5.75 Å². The number of Topliss-reactive ketones (excluding diaryl/α,β-unsaturated/α-hetero) is 1. The minimum Gasteiger partial charge on any atom is -0.489 e. The van der Waals surface area contributed by atoms with Crippen LogP contribution in [0.15, 0.2) is 18.2 Å². The largest absolute Gasteiger partial charge is 0.489 e. The molecule has 3 rings (SSSR count). The van der Waals surface area contributed by atoms with Crippen LogP contribution in [0, 0.1) is 6.92 Å². The summed E-state index contributed by atoms with van der Waals surface area (Å²) in [7, 11) is 0. The Hall–Kier alpha value is -1.00. The highest BCUT2D eigenvalue weighted by Crippen LogP contribution is 2.39. The van der Waals surface area contributed by atoms with Crippen LogP contribution < -0.4 is 4.74 Å². The van der Waals surface area contributed by atoms with Crippen molar-refractivity contribution >= 4 is 17.5 Å². The monoisotopic (exact) mass is 306 g/mol. The van der Waals surface area contributed by atoms with Crippen molar-refractivity contribution in [3.8, 4) is 5.75 Å². The standard InChI is InChI=1S/C17H22O3S/c1-12-3-4-15(13(2)18)16(9-12)20-14-5-7-19-17(10-14)6-8-21-11-17/h3-4,9,14H,5-8,10-11H2,1-2H3. The molecule has 114 valence electrons. The Bertz CT molecular complexity index is 535. The molecule has 1 aromatic rings. The van der Waals surface area contributed by atoms with Crippen molar-refractivity contribution in [2.45, 2.75) is 44.8 Å². The third-order valence-electron chi connectivity index (χ3n) is 4.32. The van der Waals surface area contributed by atoms with Gasteiger partial charge in [0.15, 0.2) is 5.78 Å². The molecule has 2 unspecified atom stereocenters. The van der Waals surface area contributed by atoms with Gasteiger partial charge in [0.2, 0.25) is 0 Å². The highest BCUT2D eigenvalue weighted by atomic mass is 32.2. The second kappa shape index (κ2) is 6.01. The molecule has 3 nitrogen and oxygen atoms in total. The summed E-state index contributed by atoms with van der Waals surface area (Å²) < 4.78 is 12.2. The number of carbonyl (C=O) groups is 1. The molecular weight excluding hydrogens is 284 g/mol. The normalized spacial score (nSPS) is 28.8. The molecule has 4 heteroatoms. The summed E-state index contributed by atoms with van der Waals surface area (Å²) in [5.41, 5.74) is 1.81. The molecule has 2 aliphatic heterocycles. The van der Waals surface area contributed by atoms with Crippen LogP contribution in [0.1, 0.15) is 42.1 Å². The fourth-order valence-electron chi connectivity index (χ4n) is 3.14. The Morgan fingerprint density at radius 2 is 2.33 bits per heavy atom. The number of thioether (sulfide) groups is 1. The van der Waals surface area contributed by atoms with Gasteiger partial charge in [-0.1, -0.05) is 6.07 Å². The molecule has 2 saturated heterocycles. The molecule has 1 spiro atoms. The van der Waals surface area contributed by atoms with Crippen LogP contribution in [-0.4, -0.2) is 35.6 Å². The first-order valence-corrected chi connectivity index (χ1v) is 8.73. The van der Waals surface area contributed by atoms with Crippen LogP contribution in [0.5, 0.6) is 5.75 Å². The SMILES string of the molecule is CC(=O)c1ccc(C)cc1OC1CCOC2(CCSC2)C1. The lowest BCUT2D eigenvalue weighted by atomic mass is 9.91. The van der Waals surface area contributed by atoms with Crippen molar-refractivity contribution in [2.75, 3.05) is 18.1 Å². The van der Waals surface area contributed by atoms with Gasteiger partial charge in [-0.15, -0.1) is 0 Å². The Balaban J connectivity index is 1.77. The van der Waals surface area contributed by atoms with E-state index in [0.717, 1.165) is 42.9 Å². The summed E-state index contributed by atoms with van der Waals surface area (Å²) in [6, 6.07) is 5.80. The number of benzene rings is 1. The summed E-state index contributed by atoms with van der Waals surface area (Å²) in [6.45, 7) is 4.37. The Labute approximate surface area is 130 Å². The van der Waals surface area contributed by atoms with Crippen LogP contribution in [0.4, 0.5) is 0 Å². The Morgan fingerprint density at radius 3 is 3.05 bits per heavy atom. The van der Waals surface area contributed by atoms with E-state index in [1.54, 1.807) is 6.92 Å². The first-order chi connectivity index (χ1) is 10.1. The Kier molecular flexibility index (Phi) is 4.27. The molecule has 2 fully saturated rings. The van der Waals surface area contributed by atoms with E-state index < -0.39 is 0 Å². The lowest BCUT2D eigenvalue weighted by Gasteiger charge is -2.37. The van der Waals surface area contributed by atoms with E-state index in [4.69, 9.17) is 9.47 Å². The van der Waals surface area contributed by atoms with Crippen molar-refractivity contribution in [2.24, 2.45) is 0 Å². The lowest BCUT2D eigenvalue weighted by molar-refractivity contribution is -0.0959. The van der Waals surface area contributed by atoms with Gasteiger partial charge < -0.3 is 9.47 Å². The van der Waals surface area contributed by atoms with Gasteiger partial charge >= 0.3 is 0 Å². The first kappa shape index (κ1) is 14.9. The van der Waals surface area contributed by atoms with Crippen LogP contribution >= 0.6 is 11.8 Å². The predicted octanol–water partition coefficient (Wildman–Crippen LogP) is 3.63. The van der Waals surface area contributed by atoms with Gasteiger partial charge in [0, 0.05) is 18.6 Å². The number of rotatable bonds is 3. The van der Waals surface area contributed by atoms with E-state index in [0.29, 0.717) is 5.56 Å². The highest BCUT2D eigenvalue weighted by molar-refractivity contribution is 7.99. The zero-order valence-corrected chi connectivity index (χ0v) is 13.5. The van der Waals surface area contributed by atoms with Crippen molar-refractivity contribution < 1.29 is 14.3 Å². The smallest absolute Gasteiger partial charge is 0.163 e. The second-order valence-electron chi connectivity index (χ2n) is 6.12. The van der Waals surface area contributed by atoms with E-state index >= 15 is 0 Å². The fraction of sp³-hybridized carbons (Fsp3) is 0.588. The minimum atomic E-state index is 0.00773. The molecule has 0 N–H and O–H groups in total. The molecule has 0 amide bonds. The summed E-state index contributed by atoms with van der Waals surface area (Å²) in [6.07, 6.45) is 3.10. The van der Waals surface area contributed by atoms with Crippen LogP contribution in [0.2, 0.25) is 0 Å². The van der Waals surface area contributed by atoms with Crippen LogP contribution in [-0.2, 0) is 4.74 Å². The molecule has 2 atom stereocenters. The first-order valence-electron chi connectivity index (χ1n) is 7.58. The maximum Gasteiger partial charge on any atom is 0.163 e. The molecule has 0 saturated carbocycles. The summed E-state index contributed by atoms with van der Waals surface area (Å²) in [5.74, 6) is 3.04. The van der Waals surface area contributed by atoms with Gasteiger partial charge in [-0.2, -0.15) is 11.8 Å². The van der Waals surface area contributed by atoms with Gasteiger partial charge in [-0.25, -0.2) is 0 Å². The molecular formula is C17H22O3S. The number of carbonyl (C=O) groups excluding carboxylic acids is 1. The summed E-state index contributed by atoms with van der Waals surface area (Å²) in [4.78, 5) is 11.8. The van der Waals surface area contributed by atoms with Gasteiger partial charge in [-0.05, 0) is 43.7 Å². The average molecular weight is 306 g/mol. The van der Waals surface area contributed by atoms with Gasteiger partial charge in [0.25, 0.3) is 0 Å². The maximum absolute atomic E-state index is 11.8. The van der Waals surface area contributed by atoms with E-state index in [-0.39, 0.29) is 17.5 Å². The molecule has 2 aliphatic rings. The number of ether oxygens (including phenoxy) is 2. The van der Waals surface area contributed by atoms with E-state index in [9.17, 15) is 4.79 Å². The zero-order valence-electron chi connectivity index (χ0n) is 12.7. The predicted molar refractivity (Wildman–Crippen MR) is 85.5 cm³/mol. The van der Waals surface area contributed by atoms with Gasteiger partial charge in [0.1, 0.15) is 11.9 Å². The summed E-state index contributed by atoms with van der Waals surface area (Å²) in [5, 5.41) is 0. The van der Waals surface area contributed by atoms with Crippen LogP contribution in [0.3, 0.4) is 0 Å². The third-order valence-corrected chi connectivity index (χ3v) is 5.55. The second-order valence-corrected chi connectivity index (χ2v) is 7.23. The average Bonchev–Trinajstić information content (AvgIpc) is 2.86. The highest BCUT2D eigenvalue weighted by Gasteiger charge is 2.41. The molecule has 0 bridgehead atoms. The van der Waals surface area contributed by atoms with Crippen LogP contribution in [0.25, 0.3) is 0 Å². The van der Waals surface area contributed by atoms with E-state index in [2.05, 4.69) is 0 Å². The molecule has 0 radical (unpaired) electrons. The maximum atomic E-state index is 11.8. The topological polar surface area (TPSA) is 35.5 Å². The Morgan fingerprint density at radius 1 is 1.48 bits per heavy atom. The van der Waals surface area contributed by atoms with Crippen molar-refractivity contribution in [1.82, 2.24) is 0 Å². The number of hydrogen-bond donors (Lipinski definition) is 0. The molecule has 2 heterocycles. The molecule has 21 heavy (non-hydrogen) atoms. The minimum absolute atomic E-state index is 0.00773.